The molecule has 1 aromatic rings. The van der Waals surface area contributed by atoms with Crippen molar-refractivity contribution < 1.29 is 14.6 Å². The standard InChI is InChI=1S/C13H16O3/c1-9-4-5-11(3)12(6-9)16-8-10(2)7-13(14)15/h4-7H,8H2,1-3H3,(H,14,15)/b10-7+. The third-order valence-corrected chi connectivity index (χ3v) is 2.17. The van der Waals surface area contributed by atoms with Crippen LogP contribution in [0.4, 0.5) is 0 Å². The average molecular weight is 220 g/mol. The molecule has 0 unspecified atom stereocenters. The first kappa shape index (κ1) is 12.3. The first-order valence-electron chi connectivity index (χ1n) is 5.09. The monoisotopic (exact) mass is 220 g/mol. The Morgan fingerprint density at radius 1 is 1.44 bits per heavy atom. The molecule has 3 nitrogen and oxygen atoms in total. The summed E-state index contributed by atoms with van der Waals surface area (Å²) in [5.41, 5.74) is 2.86. The van der Waals surface area contributed by atoms with Crippen molar-refractivity contribution >= 4 is 5.97 Å². The summed E-state index contributed by atoms with van der Waals surface area (Å²) in [6, 6.07) is 5.95. The molecule has 0 aliphatic heterocycles. The van der Waals surface area contributed by atoms with Gasteiger partial charge in [0.2, 0.25) is 0 Å². The van der Waals surface area contributed by atoms with E-state index in [1.54, 1.807) is 6.92 Å². The number of carbonyl (C=O) groups is 1. The van der Waals surface area contributed by atoms with Gasteiger partial charge in [-0.3, -0.25) is 0 Å². The highest BCUT2D eigenvalue weighted by Gasteiger charge is 2.01. The quantitative estimate of drug-likeness (QED) is 0.793. The van der Waals surface area contributed by atoms with E-state index in [1.165, 1.54) is 0 Å². The molecule has 86 valence electrons. The Balaban J connectivity index is 2.68. The van der Waals surface area contributed by atoms with Crippen LogP contribution in [0.15, 0.2) is 29.8 Å². The van der Waals surface area contributed by atoms with Crippen LogP contribution in [0.1, 0.15) is 18.1 Å². The van der Waals surface area contributed by atoms with Crippen LogP contribution in [-0.4, -0.2) is 17.7 Å². The van der Waals surface area contributed by atoms with Gasteiger partial charge in [-0.25, -0.2) is 4.79 Å². The summed E-state index contributed by atoms with van der Waals surface area (Å²) in [7, 11) is 0. The van der Waals surface area contributed by atoms with Crippen molar-refractivity contribution in [3.63, 3.8) is 0 Å². The summed E-state index contributed by atoms with van der Waals surface area (Å²) in [5, 5.41) is 8.55. The second-order valence-corrected chi connectivity index (χ2v) is 3.89. The molecule has 0 bridgehead atoms. The largest absolute Gasteiger partial charge is 0.489 e. The third kappa shape index (κ3) is 3.77. The van der Waals surface area contributed by atoms with Crippen molar-refractivity contribution in [2.24, 2.45) is 0 Å². The van der Waals surface area contributed by atoms with Crippen LogP contribution in [0.3, 0.4) is 0 Å². The fourth-order valence-electron chi connectivity index (χ4n) is 1.31. The number of rotatable bonds is 4. The maximum absolute atomic E-state index is 10.4. The zero-order valence-corrected chi connectivity index (χ0v) is 9.78. The Labute approximate surface area is 95.4 Å². The molecule has 1 rings (SSSR count). The third-order valence-electron chi connectivity index (χ3n) is 2.17. The molecule has 0 radical (unpaired) electrons. The lowest BCUT2D eigenvalue weighted by Crippen LogP contribution is -2.02. The van der Waals surface area contributed by atoms with Crippen molar-refractivity contribution in [1.82, 2.24) is 0 Å². The van der Waals surface area contributed by atoms with Crippen LogP contribution < -0.4 is 4.74 Å². The van der Waals surface area contributed by atoms with Gasteiger partial charge in [0.15, 0.2) is 0 Å². The second-order valence-electron chi connectivity index (χ2n) is 3.89. The van der Waals surface area contributed by atoms with Gasteiger partial charge in [-0.1, -0.05) is 12.1 Å². The van der Waals surface area contributed by atoms with E-state index < -0.39 is 5.97 Å². The van der Waals surface area contributed by atoms with Crippen LogP contribution >= 0.6 is 0 Å². The molecule has 1 aromatic carbocycles. The van der Waals surface area contributed by atoms with E-state index >= 15 is 0 Å². The van der Waals surface area contributed by atoms with E-state index in [4.69, 9.17) is 9.84 Å². The number of ether oxygens (including phenoxy) is 1. The number of benzene rings is 1. The van der Waals surface area contributed by atoms with E-state index in [0.717, 1.165) is 23.0 Å². The minimum absolute atomic E-state index is 0.302. The van der Waals surface area contributed by atoms with E-state index in [1.807, 2.05) is 32.0 Å². The zero-order valence-electron chi connectivity index (χ0n) is 9.78. The van der Waals surface area contributed by atoms with Crippen LogP contribution in [-0.2, 0) is 4.79 Å². The Kier molecular flexibility index (Phi) is 4.11. The fourth-order valence-corrected chi connectivity index (χ4v) is 1.31. The normalized spacial score (nSPS) is 11.3. The number of aliphatic carboxylic acids is 1. The lowest BCUT2D eigenvalue weighted by atomic mass is 10.1. The van der Waals surface area contributed by atoms with Crippen LogP contribution in [0, 0.1) is 13.8 Å². The highest BCUT2D eigenvalue weighted by Crippen LogP contribution is 2.19. The van der Waals surface area contributed by atoms with Gasteiger partial charge >= 0.3 is 5.97 Å². The molecule has 16 heavy (non-hydrogen) atoms. The Hall–Kier alpha value is -1.77. The van der Waals surface area contributed by atoms with Gasteiger partial charge in [0.05, 0.1) is 0 Å². The van der Waals surface area contributed by atoms with E-state index in [2.05, 4.69) is 0 Å². The first-order chi connectivity index (χ1) is 7.49. The smallest absolute Gasteiger partial charge is 0.328 e. The molecule has 0 heterocycles. The van der Waals surface area contributed by atoms with Crippen molar-refractivity contribution in [3.05, 3.63) is 41.0 Å². The van der Waals surface area contributed by atoms with Crippen molar-refractivity contribution in [1.29, 1.82) is 0 Å². The molecule has 0 spiro atoms. The summed E-state index contributed by atoms with van der Waals surface area (Å²) in [6.07, 6.45) is 1.16. The Morgan fingerprint density at radius 3 is 2.75 bits per heavy atom. The van der Waals surface area contributed by atoms with Gasteiger partial charge in [-0.15, -0.1) is 0 Å². The lowest BCUT2D eigenvalue weighted by Gasteiger charge is -2.09. The summed E-state index contributed by atoms with van der Waals surface area (Å²) >= 11 is 0. The predicted molar refractivity (Wildman–Crippen MR) is 62.8 cm³/mol. The van der Waals surface area contributed by atoms with Gasteiger partial charge in [0.1, 0.15) is 12.4 Å². The van der Waals surface area contributed by atoms with Gasteiger partial charge < -0.3 is 9.84 Å². The summed E-state index contributed by atoms with van der Waals surface area (Å²) in [5.74, 6) is -0.139. The number of carboxylic acids is 1. The van der Waals surface area contributed by atoms with Gasteiger partial charge in [-0.05, 0) is 43.5 Å². The Bertz CT molecular complexity index is 419. The molecule has 0 aromatic heterocycles. The molecule has 1 N–H and O–H groups in total. The van der Waals surface area contributed by atoms with Gasteiger partial charge in [0, 0.05) is 6.08 Å². The van der Waals surface area contributed by atoms with Crippen LogP contribution in [0.25, 0.3) is 0 Å². The van der Waals surface area contributed by atoms with Gasteiger partial charge in [0.25, 0.3) is 0 Å². The predicted octanol–water partition coefficient (Wildman–Crippen LogP) is 2.71. The summed E-state index contributed by atoms with van der Waals surface area (Å²) < 4.78 is 5.55. The highest BCUT2D eigenvalue weighted by atomic mass is 16.5. The van der Waals surface area contributed by atoms with E-state index in [0.29, 0.717) is 12.2 Å². The second kappa shape index (κ2) is 5.35. The number of hydrogen-bond acceptors (Lipinski definition) is 2. The van der Waals surface area contributed by atoms with E-state index in [-0.39, 0.29) is 0 Å². The van der Waals surface area contributed by atoms with Crippen molar-refractivity contribution in [2.45, 2.75) is 20.8 Å². The van der Waals surface area contributed by atoms with Crippen molar-refractivity contribution in [2.75, 3.05) is 6.61 Å². The average Bonchev–Trinajstić information content (AvgIpc) is 2.18. The molecule has 0 atom stereocenters. The Morgan fingerprint density at radius 2 is 2.12 bits per heavy atom. The van der Waals surface area contributed by atoms with Gasteiger partial charge in [-0.2, -0.15) is 0 Å². The maximum atomic E-state index is 10.4. The molecule has 3 heteroatoms. The molecule has 0 amide bonds. The molecule has 0 fully saturated rings. The summed E-state index contributed by atoms with van der Waals surface area (Å²) in [6.45, 7) is 5.99. The molecular formula is C13H16O3. The first-order valence-corrected chi connectivity index (χ1v) is 5.09. The summed E-state index contributed by atoms with van der Waals surface area (Å²) in [4.78, 5) is 10.4. The fraction of sp³-hybridized carbons (Fsp3) is 0.308. The molecule has 0 saturated heterocycles. The van der Waals surface area contributed by atoms with E-state index in [9.17, 15) is 4.79 Å². The maximum Gasteiger partial charge on any atom is 0.328 e. The topological polar surface area (TPSA) is 46.5 Å². The molecule has 0 saturated carbocycles. The zero-order chi connectivity index (χ0) is 12.1. The number of carboxylic acid groups (broad SMARTS) is 1. The highest BCUT2D eigenvalue weighted by molar-refractivity contribution is 5.80. The minimum atomic E-state index is -0.943. The van der Waals surface area contributed by atoms with Crippen LogP contribution in [0.2, 0.25) is 0 Å². The number of aryl methyl sites for hydroxylation is 2. The van der Waals surface area contributed by atoms with Crippen molar-refractivity contribution in [3.8, 4) is 5.75 Å². The lowest BCUT2D eigenvalue weighted by molar-refractivity contribution is -0.131. The number of hydrogen-bond donors (Lipinski definition) is 1. The molecule has 0 aliphatic rings. The minimum Gasteiger partial charge on any atom is -0.489 e. The van der Waals surface area contributed by atoms with Crippen LogP contribution in [0.5, 0.6) is 5.75 Å². The molecule has 0 aliphatic carbocycles. The molecular weight excluding hydrogens is 204 g/mol. The SMILES string of the molecule is C/C(=C\C(=O)O)COc1cc(C)ccc1C.